The van der Waals surface area contributed by atoms with Gasteiger partial charge in [0.1, 0.15) is 5.82 Å². The van der Waals surface area contributed by atoms with Gasteiger partial charge in [-0.2, -0.15) is 4.98 Å². The molecule has 1 atom stereocenters. The first-order valence-electron chi connectivity index (χ1n) is 10.8. The number of rotatable bonds is 4. The summed E-state index contributed by atoms with van der Waals surface area (Å²) in [4.78, 5) is 30.0. The number of pyridine rings is 2. The third kappa shape index (κ3) is 3.99. The van der Waals surface area contributed by atoms with Crippen LogP contribution in [-0.4, -0.2) is 38.4 Å². The zero-order valence-electron chi connectivity index (χ0n) is 18.9. The van der Waals surface area contributed by atoms with Crippen molar-refractivity contribution in [1.29, 1.82) is 0 Å². The largest absolute Gasteiger partial charge is 0.355 e. The molecule has 0 aromatic carbocycles. The molecule has 0 N–H and O–H groups in total. The van der Waals surface area contributed by atoms with Crippen LogP contribution in [0.15, 0.2) is 21.8 Å². The molecular formula is C23H27ClFN5OS. The summed E-state index contributed by atoms with van der Waals surface area (Å²) in [6.07, 6.45) is 5.06. The Balaban J connectivity index is 2.12. The van der Waals surface area contributed by atoms with E-state index in [2.05, 4.69) is 21.8 Å². The van der Waals surface area contributed by atoms with E-state index in [9.17, 15) is 9.18 Å². The van der Waals surface area contributed by atoms with Crippen molar-refractivity contribution in [3.8, 4) is 5.69 Å². The molecule has 1 aliphatic rings. The third-order valence-electron chi connectivity index (χ3n) is 5.94. The van der Waals surface area contributed by atoms with Crippen molar-refractivity contribution < 1.29 is 4.39 Å². The van der Waals surface area contributed by atoms with Crippen molar-refractivity contribution in [1.82, 2.24) is 19.5 Å². The van der Waals surface area contributed by atoms with E-state index in [0.717, 1.165) is 42.1 Å². The van der Waals surface area contributed by atoms with Crippen LogP contribution >= 0.6 is 23.4 Å². The maximum atomic E-state index is 14.6. The molecule has 1 aliphatic heterocycles. The molecule has 0 unspecified atom stereocenters. The van der Waals surface area contributed by atoms with Gasteiger partial charge in [0.25, 0.3) is 0 Å². The minimum Gasteiger partial charge on any atom is -0.353 e. The zero-order valence-corrected chi connectivity index (χ0v) is 20.5. The summed E-state index contributed by atoms with van der Waals surface area (Å²) >= 11 is 7.63. The average molecular weight is 476 g/mol. The third-order valence-corrected chi connectivity index (χ3v) is 6.95. The van der Waals surface area contributed by atoms with Crippen molar-refractivity contribution in [2.45, 2.75) is 63.8 Å². The van der Waals surface area contributed by atoms with Crippen LogP contribution in [0.2, 0.25) is 5.15 Å². The Bertz CT molecular complexity index is 1250. The number of anilines is 1. The number of aromatic nitrogens is 4. The Kier molecular flexibility index (Phi) is 6.45. The van der Waals surface area contributed by atoms with Gasteiger partial charge in [0.15, 0.2) is 16.6 Å². The summed E-state index contributed by atoms with van der Waals surface area (Å²) < 4.78 is 16.0. The number of nitrogens with zero attached hydrogens (tertiary/aromatic N) is 5. The van der Waals surface area contributed by atoms with E-state index in [1.165, 1.54) is 22.4 Å². The van der Waals surface area contributed by atoms with Gasteiger partial charge in [-0.1, -0.05) is 25.4 Å². The molecule has 3 aromatic rings. The van der Waals surface area contributed by atoms with Crippen LogP contribution in [-0.2, 0) is 0 Å². The van der Waals surface area contributed by atoms with Gasteiger partial charge in [-0.05, 0) is 57.4 Å². The molecule has 4 heterocycles. The quantitative estimate of drug-likeness (QED) is 0.366. The molecule has 1 fully saturated rings. The van der Waals surface area contributed by atoms with Crippen molar-refractivity contribution in [2.75, 3.05) is 17.7 Å². The Morgan fingerprint density at radius 1 is 1.22 bits per heavy atom. The molecule has 1 saturated heterocycles. The lowest BCUT2D eigenvalue weighted by Gasteiger charge is -2.35. The Morgan fingerprint density at radius 2 is 1.97 bits per heavy atom. The fourth-order valence-electron chi connectivity index (χ4n) is 4.36. The minimum absolute atomic E-state index is 0.0514. The monoisotopic (exact) mass is 475 g/mol. The highest BCUT2D eigenvalue weighted by molar-refractivity contribution is 7.98. The molecule has 32 heavy (non-hydrogen) atoms. The van der Waals surface area contributed by atoms with Gasteiger partial charge in [-0.25, -0.2) is 18.7 Å². The summed E-state index contributed by atoms with van der Waals surface area (Å²) in [5.41, 5.74) is 2.09. The van der Waals surface area contributed by atoms with Crippen LogP contribution in [0.3, 0.4) is 0 Å². The predicted octanol–water partition coefficient (Wildman–Crippen LogP) is 5.50. The second-order valence-electron chi connectivity index (χ2n) is 8.58. The van der Waals surface area contributed by atoms with Crippen LogP contribution in [0.5, 0.6) is 0 Å². The van der Waals surface area contributed by atoms with Crippen molar-refractivity contribution >= 4 is 40.2 Å². The lowest BCUT2D eigenvalue weighted by Crippen LogP contribution is -2.40. The van der Waals surface area contributed by atoms with Gasteiger partial charge in [-0.3, -0.25) is 4.98 Å². The van der Waals surface area contributed by atoms with Crippen molar-refractivity contribution in [2.24, 2.45) is 0 Å². The van der Waals surface area contributed by atoms with Crippen molar-refractivity contribution in [3.63, 3.8) is 0 Å². The van der Waals surface area contributed by atoms with Gasteiger partial charge >= 0.3 is 5.69 Å². The summed E-state index contributed by atoms with van der Waals surface area (Å²) in [7, 11) is 0. The second kappa shape index (κ2) is 8.98. The summed E-state index contributed by atoms with van der Waals surface area (Å²) in [6.45, 7) is 8.85. The first-order valence-corrected chi connectivity index (χ1v) is 12.4. The number of hydrogen-bond donors (Lipinski definition) is 0. The smallest absolute Gasteiger partial charge is 0.353 e. The lowest BCUT2D eigenvalue weighted by molar-refractivity contribution is 0.481. The molecule has 0 saturated carbocycles. The fraction of sp³-hybridized carbons (Fsp3) is 0.478. The first kappa shape index (κ1) is 23.0. The molecule has 0 spiro atoms. The minimum atomic E-state index is -0.631. The standard InChI is InChI=1S/C23H27ClFN5OS/c1-12(2)18-19(17(32-5)10-13(3)26-18)30-22-15(11-16(25)20(24)27-22)21(28-23(30)31)29-9-7-6-8-14(29)4/h10-12,14H,6-9H2,1-5H3/t14-/m0/s1. The number of fused-ring (bicyclic) bond motifs is 1. The van der Waals surface area contributed by atoms with Crippen LogP contribution in [0.4, 0.5) is 10.2 Å². The number of piperidine rings is 1. The number of aryl methyl sites for hydroxylation is 1. The van der Waals surface area contributed by atoms with Gasteiger partial charge in [-0.15, -0.1) is 11.8 Å². The summed E-state index contributed by atoms with van der Waals surface area (Å²) in [5.74, 6) is -0.114. The molecular weight excluding hydrogens is 449 g/mol. The maximum absolute atomic E-state index is 14.6. The van der Waals surface area contributed by atoms with Crippen LogP contribution in [0.1, 0.15) is 57.3 Å². The maximum Gasteiger partial charge on any atom is 0.355 e. The Hall–Kier alpha value is -2.19. The molecule has 0 aliphatic carbocycles. The normalized spacial score (nSPS) is 16.9. The summed E-state index contributed by atoms with van der Waals surface area (Å²) in [5, 5.41) is 0.203. The first-order chi connectivity index (χ1) is 15.2. The second-order valence-corrected chi connectivity index (χ2v) is 9.78. The average Bonchev–Trinajstić information content (AvgIpc) is 2.75. The molecule has 170 valence electrons. The molecule has 6 nitrogen and oxygen atoms in total. The number of hydrogen-bond acceptors (Lipinski definition) is 6. The molecule has 4 rings (SSSR count). The molecule has 9 heteroatoms. The Labute approximate surface area is 196 Å². The fourth-order valence-corrected chi connectivity index (χ4v) is 5.17. The van der Waals surface area contributed by atoms with Gasteiger partial charge < -0.3 is 4.90 Å². The highest BCUT2D eigenvalue weighted by Crippen LogP contribution is 2.35. The predicted molar refractivity (Wildman–Crippen MR) is 129 cm³/mol. The summed E-state index contributed by atoms with van der Waals surface area (Å²) in [6, 6.07) is 3.48. The highest BCUT2D eigenvalue weighted by atomic mass is 35.5. The molecule has 0 bridgehead atoms. The molecule has 0 amide bonds. The zero-order chi connectivity index (χ0) is 23.2. The van der Waals surface area contributed by atoms with E-state index in [1.54, 1.807) is 0 Å². The van der Waals surface area contributed by atoms with E-state index >= 15 is 0 Å². The highest BCUT2D eigenvalue weighted by Gasteiger charge is 2.27. The SMILES string of the molecule is CSc1cc(C)nc(C(C)C)c1-n1c(=O)nc(N2CCCC[C@@H]2C)c2cc(F)c(Cl)nc21. The topological polar surface area (TPSA) is 63.9 Å². The van der Waals surface area contributed by atoms with Crippen LogP contribution in [0.25, 0.3) is 16.7 Å². The van der Waals surface area contributed by atoms with E-state index in [4.69, 9.17) is 16.6 Å². The molecule has 0 radical (unpaired) electrons. The van der Waals surface area contributed by atoms with E-state index in [0.29, 0.717) is 22.5 Å². The van der Waals surface area contributed by atoms with Gasteiger partial charge in [0.05, 0.1) is 16.8 Å². The van der Waals surface area contributed by atoms with E-state index < -0.39 is 11.5 Å². The van der Waals surface area contributed by atoms with Gasteiger partial charge in [0, 0.05) is 23.2 Å². The van der Waals surface area contributed by atoms with Crippen LogP contribution in [0, 0.1) is 12.7 Å². The Morgan fingerprint density at radius 3 is 2.62 bits per heavy atom. The van der Waals surface area contributed by atoms with Crippen molar-refractivity contribution in [3.05, 3.63) is 45.0 Å². The van der Waals surface area contributed by atoms with Gasteiger partial charge in [0.2, 0.25) is 0 Å². The van der Waals surface area contributed by atoms with Crippen LogP contribution < -0.4 is 10.6 Å². The number of thioether (sulfide) groups is 1. The molecule has 3 aromatic heterocycles. The lowest BCUT2D eigenvalue weighted by atomic mass is 10.0. The number of halogens is 2. The van der Waals surface area contributed by atoms with E-state index in [-0.39, 0.29) is 17.1 Å². The van der Waals surface area contributed by atoms with E-state index in [1.807, 2.05) is 33.1 Å².